The molecule has 0 radical (unpaired) electrons. The minimum Gasteiger partial charge on any atom is -0.334 e. The van der Waals surface area contributed by atoms with Crippen LogP contribution in [0, 0.1) is 0 Å². The molecule has 1 unspecified atom stereocenters. The van der Waals surface area contributed by atoms with Crippen molar-refractivity contribution in [2.24, 2.45) is 0 Å². The van der Waals surface area contributed by atoms with Crippen molar-refractivity contribution in [3.8, 4) is 5.69 Å². The first-order valence-electron chi connectivity index (χ1n) is 9.09. The fourth-order valence-electron chi connectivity index (χ4n) is 3.67. The van der Waals surface area contributed by atoms with Gasteiger partial charge in [-0.15, -0.1) is 0 Å². The normalized spacial score (nSPS) is 14.4. The van der Waals surface area contributed by atoms with Crippen LogP contribution in [0.1, 0.15) is 39.5 Å². The molecular weight excluding hydrogens is 408 g/mol. The van der Waals surface area contributed by atoms with Crippen molar-refractivity contribution >= 4 is 34.5 Å². The van der Waals surface area contributed by atoms with Crippen molar-refractivity contribution in [3.05, 3.63) is 87.1 Å². The number of para-hydroxylation sites is 1. The van der Waals surface area contributed by atoms with Crippen LogP contribution in [0.2, 0.25) is 5.15 Å². The molecule has 0 aliphatic carbocycles. The zero-order valence-electron chi connectivity index (χ0n) is 15.6. The Bertz CT molecular complexity index is 1360. The summed E-state index contributed by atoms with van der Waals surface area (Å²) in [6.07, 6.45) is 0. The first-order valence-corrected chi connectivity index (χ1v) is 9.47. The van der Waals surface area contributed by atoms with E-state index in [1.54, 1.807) is 61.5 Å². The number of aromatic nitrogens is 3. The molecule has 2 aromatic heterocycles. The summed E-state index contributed by atoms with van der Waals surface area (Å²) in [6, 6.07) is 14.5. The third kappa shape index (κ3) is 2.50. The van der Waals surface area contributed by atoms with Gasteiger partial charge in [-0.1, -0.05) is 47.1 Å². The van der Waals surface area contributed by atoms with Gasteiger partial charge < -0.3 is 4.52 Å². The van der Waals surface area contributed by atoms with Crippen LogP contribution in [0.5, 0.6) is 0 Å². The number of hydrogen-bond donors (Lipinski definition) is 0. The Balaban J connectivity index is 1.74. The van der Waals surface area contributed by atoms with Crippen LogP contribution in [0.15, 0.2) is 63.9 Å². The minimum absolute atomic E-state index is 0.0267. The maximum atomic E-state index is 13.3. The molecule has 9 heteroatoms. The molecule has 0 fully saturated rings. The number of imide groups is 1. The van der Waals surface area contributed by atoms with E-state index in [0.29, 0.717) is 16.8 Å². The topological polar surface area (TPSA) is 98.3 Å². The summed E-state index contributed by atoms with van der Waals surface area (Å²) in [4.78, 5) is 44.7. The Hall–Kier alpha value is -3.78. The highest BCUT2D eigenvalue weighted by Gasteiger charge is 2.40. The lowest BCUT2D eigenvalue weighted by atomic mass is 10.1. The average Bonchev–Trinajstić information content (AvgIpc) is 3.26. The van der Waals surface area contributed by atoms with Gasteiger partial charge in [0, 0.05) is 0 Å². The maximum absolute atomic E-state index is 13.3. The molecule has 2 aromatic carbocycles. The average molecular weight is 421 g/mol. The number of benzene rings is 2. The number of nitrogens with zero attached hydrogens (tertiary/aromatic N) is 4. The molecule has 0 saturated carbocycles. The number of halogens is 1. The Morgan fingerprint density at radius 1 is 0.933 bits per heavy atom. The summed E-state index contributed by atoms with van der Waals surface area (Å²) in [6.45, 7) is 1.63. The quantitative estimate of drug-likeness (QED) is 0.471. The van der Waals surface area contributed by atoms with Crippen LogP contribution in [0.3, 0.4) is 0 Å². The molecule has 0 saturated heterocycles. The Morgan fingerprint density at radius 3 is 2.17 bits per heavy atom. The highest BCUT2D eigenvalue weighted by Crippen LogP contribution is 2.32. The van der Waals surface area contributed by atoms with Gasteiger partial charge >= 0.3 is 0 Å². The number of carbonyl (C=O) groups excluding carboxylic acids is 2. The summed E-state index contributed by atoms with van der Waals surface area (Å²) < 4.78 is 6.41. The number of fused-ring (bicyclic) bond motifs is 2. The van der Waals surface area contributed by atoms with Crippen LogP contribution in [0.4, 0.5) is 0 Å². The predicted octanol–water partition coefficient (Wildman–Crippen LogP) is 3.38. The molecule has 4 aromatic rings. The number of rotatable bonds is 3. The molecular formula is C21H13ClN4O4. The van der Waals surface area contributed by atoms with Crippen molar-refractivity contribution in [2.75, 3.05) is 0 Å². The van der Waals surface area contributed by atoms with Gasteiger partial charge in [0.25, 0.3) is 23.1 Å². The highest BCUT2D eigenvalue weighted by atomic mass is 35.5. The smallest absolute Gasteiger partial charge is 0.272 e. The van der Waals surface area contributed by atoms with E-state index in [0.717, 1.165) is 4.90 Å². The lowest BCUT2D eigenvalue weighted by Gasteiger charge is -2.24. The largest absolute Gasteiger partial charge is 0.334 e. The first kappa shape index (κ1) is 18.3. The molecule has 0 N–H and O–H groups in total. The van der Waals surface area contributed by atoms with E-state index in [1.807, 2.05) is 0 Å². The second-order valence-electron chi connectivity index (χ2n) is 6.80. The number of carbonyl (C=O) groups is 2. The zero-order valence-corrected chi connectivity index (χ0v) is 16.3. The van der Waals surface area contributed by atoms with Crippen LogP contribution in [0.25, 0.3) is 16.8 Å². The van der Waals surface area contributed by atoms with E-state index < -0.39 is 23.4 Å². The Kier molecular flexibility index (Phi) is 4.04. The van der Waals surface area contributed by atoms with Gasteiger partial charge in [0.1, 0.15) is 11.2 Å². The lowest BCUT2D eigenvalue weighted by Crippen LogP contribution is -2.36. The molecule has 1 aliphatic heterocycles. The Morgan fingerprint density at radius 2 is 1.53 bits per heavy atom. The number of amides is 2. The van der Waals surface area contributed by atoms with Gasteiger partial charge in [0.15, 0.2) is 5.15 Å². The van der Waals surface area contributed by atoms with Crippen molar-refractivity contribution in [1.29, 1.82) is 0 Å². The van der Waals surface area contributed by atoms with E-state index in [-0.39, 0.29) is 22.1 Å². The van der Waals surface area contributed by atoms with Gasteiger partial charge in [-0.2, -0.15) is 4.98 Å². The van der Waals surface area contributed by atoms with E-state index in [9.17, 15) is 14.4 Å². The third-order valence-corrected chi connectivity index (χ3v) is 5.35. The van der Waals surface area contributed by atoms with Crippen molar-refractivity contribution in [2.45, 2.75) is 13.0 Å². The summed E-state index contributed by atoms with van der Waals surface area (Å²) in [5.41, 5.74) is 0.567. The minimum atomic E-state index is -0.862. The molecule has 2 amide bonds. The van der Waals surface area contributed by atoms with Crippen molar-refractivity contribution < 1.29 is 14.1 Å². The van der Waals surface area contributed by atoms with Gasteiger partial charge in [-0.25, -0.2) is 0 Å². The van der Waals surface area contributed by atoms with Gasteiger partial charge in [0.05, 0.1) is 22.9 Å². The summed E-state index contributed by atoms with van der Waals surface area (Å²) in [5, 5.41) is 3.54. The molecule has 3 heterocycles. The third-order valence-electron chi connectivity index (χ3n) is 5.10. The first-order chi connectivity index (χ1) is 14.5. The fourth-order valence-corrected chi connectivity index (χ4v) is 3.87. The second-order valence-corrected chi connectivity index (χ2v) is 7.16. The fraction of sp³-hybridized carbons (Fsp3) is 0.0952. The van der Waals surface area contributed by atoms with Gasteiger partial charge in [-0.05, 0) is 31.2 Å². The zero-order chi connectivity index (χ0) is 21.0. The summed E-state index contributed by atoms with van der Waals surface area (Å²) >= 11 is 6.03. The molecule has 0 bridgehead atoms. The highest BCUT2D eigenvalue weighted by molar-refractivity contribution is 6.33. The molecule has 30 heavy (non-hydrogen) atoms. The standard InChI is InChI=1S/C21H13ClN4O4/c1-11(25-19(27)13-9-5-6-10-14(13)20(25)28)17-23-18-15(16(22)24-30-18)21(29)26(17)12-7-3-2-4-8-12/h2-11H,1H3. The SMILES string of the molecule is CC(c1nc2onc(Cl)c2c(=O)n1-c1ccccc1)N1C(=O)c2ccccc2C1=O. The molecule has 0 spiro atoms. The van der Waals surface area contributed by atoms with Crippen LogP contribution in [-0.2, 0) is 0 Å². The monoisotopic (exact) mass is 420 g/mol. The molecule has 5 rings (SSSR count). The number of hydrogen-bond acceptors (Lipinski definition) is 6. The molecule has 1 atom stereocenters. The van der Waals surface area contributed by atoms with Crippen molar-refractivity contribution in [3.63, 3.8) is 0 Å². The van der Waals surface area contributed by atoms with Crippen LogP contribution >= 0.6 is 11.6 Å². The Labute approximate surface area is 174 Å². The lowest BCUT2D eigenvalue weighted by molar-refractivity contribution is 0.0587. The molecule has 8 nitrogen and oxygen atoms in total. The van der Waals surface area contributed by atoms with E-state index >= 15 is 0 Å². The van der Waals surface area contributed by atoms with Crippen LogP contribution < -0.4 is 5.56 Å². The van der Waals surface area contributed by atoms with E-state index in [2.05, 4.69) is 10.1 Å². The van der Waals surface area contributed by atoms with E-state index in [1.165, 1.54) is 4.57 Å². The van der Waals surface area contributed by atoms with Gasteiger partial charge in [-0.3, -0.25) is 23.9 Å². The van der Waals surface area contributed by atoms with Gasteiger partial charge in [0.2, 0.25) is 0 Å². The molecule has 148 valence electrons. The molecule has 1 aliphatic rings. The summed E-state index contributed by atoms with van der Waals surface area (Å²) in [7, 11) is 0. The van der Waals surface area contributed by atoms with Crippen molar-refractivity contribution in [1.82, 2.24) is 19.6 Å². The predicted molar refractivity (Wildman–Crippen MR) is 108 cm³/mol. The summed E-state index contributed by atoms with van der Waals surface area (Å²) in [5.74, 6) is -0.749. The van der Waals surface area contributed by atoms with E-state index in [4.69, 9.17) is 16.1 Å². The van der Waals surface area contributed by atoms with Crippen LogP contribution in [-0.4, -0.2) is 31.4 Å². The second kappa shape index (κ2) is 6.64. The maximum Gasteiger partial charge on any atom is 0.272 e.